The monoisotopic (exact) mass is 282 g/mol. The number of amides is 1. The molecular formula is C16H18N4O. The van der Waals surface area contributed by atoms with Crippen molar-refractivity contribution in [2.24, 2.45) is 0 Å². The van der Waals surface area contributed by atoms with Crippen LogP contribution >= 0.6 is 0 Å². The van der Waals surface area contributed by atoms with Crippen molar-refractivity contribution in [2.45, 2.75) is 0 Å². The second kappa shape index (κ2) is 5.83. The molecule has 0 atom stereocenters. The predicted octanol–water partition coefficient (Wildman–Crippen LogP) is 1.63. The molecule has 1 amide bonds. The van der Waals surface area contributed by atoms with Crippen LogP contribution in [-0.2, 0) is 0 Å². The average molecular weight is 282 g/mol. The summed E-state index contributed by atoms with van der Waals surface area (Å²) in [5, 5.41) is 0. The van der Waals surface area contributed by atoms with Crippen LogP contribution in [0.15, 0.2) is 48.7 Å². The Morgan fingerprint density at radius 2 is 1.71 bits per heavy atom. The second-order valence-electron chi connectivity index (χ2n) is 5.09. The van der Waals surface area contributed by atoms with Gasteiger partial charge in [-0.05, 0) is 24.3 Å². The molecule has 2 heterocycles. The Kier molecular flexibility index (Phi) is 3.73. The normalized spacial score (nSPS) is 15.0. The summed E-state index contributed by atoms with van der Waals surface area (Å²) in [7, 11) is 0. The number of nitrogens with zero attached hydrogens (tertiary/aromatic N) is 3. The number of carbonyl (C=O) groups excluding carboxylic acids is 1. The third-order valence-electron chi connectivity index (χ3n) is 3.69. The molecule has 1 saturated heterocycles. The average Bonchev–Trinajstić information content (AvgIpc) is 2.56. The summed E-state index contributed by atoms with van der Waals surface area (Å²) in [5.41, 5.74) is 7.82. The first-order chi connectivity index (χ1) is 10.2. The van der Waals surface area contributed by atoms with Crippen molar-refractivity contribution >= 4 is 17.3 Å². The van der Waals surface area contributed by atoms with Crippen molar-refractivity contribution in [1.29, 1.82) is 0 Å². The van der Waals surface area contributed by atoms with Gasteiger partial charge in [-0.2, -0.15) is 0 Å². The summed E-state index contributed by atoms with van der Waals surface area (Å²) in [6.45, 7) is 3.09. The maximum atomic E-state index is 12.4. The fraction of sp³-hybridized carbons (Fsp3) is 0.250. The van der Waals surface area contributed by atoms with Gasteiger partial charge in [-0.15, -0.1) is 0 Å². The van der Waals surface area contributed by atoms with E-state index in [9.17, 15) is 4.79 Å². The number of hydrogen-bond donors (Lipinski definition) is 1. The van der Waals surface area contributed by atoms with Gasteiger partial charge in [-0.25, -0.2) is 4.98 Å². The fourth-order valence-corrected chi connectivity index (χ4v) is 2.50. The van der Waals surface area contributed by atoms with Gasteiger partial charge in [0.15, 0.2) is 0 Å². The quantitative estimate of drug-likeness (QED) is 0.909. The first-order valence-corrected chi connectivity index (χ1v) is 7.05. The minimum Gasteiger partial charge on any atom is -0.397 e. The number of pyridine rings is 1. The molecule has 0 radical (unpaired) electrons. The zero-order chi connectivity index (χ0) is 14.7. The topological polar surface area (TPSA) is 62.5 Å². The second-order valence-corrected chi connectivity index (χ2v) is 5.09. The fourth-order valence-electron chi connectivity index (χ4n) is 2.50. The lowest BCUT2D eigenvalue weighted by Crippen LogP contribution is -2.49. The molecule has 21 heavy (non-hydrogen) atoms. The van der Waals surface area contributed by atoms with E-state index >= 15 is 0 Å². The van der Waals surface area contributed by atoms with Crippen molar-refractivity contribution in [3.8, 4) is 0 Å². The van der Waals surface area contributed by atoms with E-state index in [4.69, 9.17) is 5.73 Å². The highest BCUT2D eigenvalue weighted by Gasteiger charge is 2.22. The first-order valence-electron chi connectivity index (χ1n) is 7.05. The van der Waals surface area contributed by atoms with Crippen LogP contribution in [0.25, 0.3) is 0 Å². The largest absolute Gasteiger partial charge is 0.397 e. The van der Waals surface area contributed by atoms with Crippen molar-refractivity contribution in [3.05, 3.63) is 54.4 Å². The van der Waals surface area contributed by atoms with Gasteiger partial charge < -0.3 is 15.5 Å². The van der Waals surface area contributed by atoms with E-state index in [0.29, 0.717) is 24.5 Å². The number of hydrogen-bond acceptors (Lipinski definition) is 4. The van der Waals surface area contributed by atoms with Crippen molar-refractivity contribution in [1.82, 2.24) is 9.88 Å². The van der Waals surface area contributed by atoms with Gasteiger partial charge in [-0.1, -0.05) is 18.2 Å². The molecule has 3 rings (SSSR count). The van der Waals surface area contributed by atoms with E-state index in [1.54, 1.807) is 12.1 Å². The van der Waals surface area contributed by atoms with E-state index in [0.717, 1.165) is 13.1 Å². The molecule has 5 heteroatoms. The number of nitrogens with two attached hydrogens (primary N) is 1. The molecule has 1 fully saturated rings. The highest BCUT2D eigenvalue weighted by molar-refractivity contribution is 5.92. The molecule has 5 nitrogen and oxygen atoms in total. The minimum atomic E-state index is -0.0253. The Bertz CT molecular complexity index is 604. The van der Waals surface area contributed by atoms with Crippen LogP contribution in [-0.4, -0.2) is 42.0 Å². The number of rotatable bonds is 2. The summed E-state index contributed by atoms with van der Waals surface area (Å²) >= 11 is 0. The number of carbonyl (C=O) groups is 1. The molecule has 1 aliphatic heterocycles. The van der Waals surface area contributed by atoms with E-state index in [1.165, 1.54) is 11.9 Å². The molecule has 1 aliphatic rings. The molecule has 0 saturated carbocycles. The van der Waals surface area contributed by atoms with Crippen molar-refractivity contribution in [3.63, 3.8) is 0 Å². The zero-order valence-corrected chi connectivity index (χ0v) is 11.8. The molecule has 2 N–H and O–H groups in total. The lowest BCUT2D eigenvalue weighted by atomic mass is 10.2. The molecule has 2 aromatic rings. The van der Waals surface area contributed by atoms with Gasteiger partial charge >= 0.3 is 0 Å². The van der Waals surface area contributed by atoms with Crippen LogP contribution in [0.5, 0.6) is 0 Å². The maximum Gasteiger partial charge on any atom is 0.272 e. The lowest BCUT2D eigenvalue weighted by Gasteiger charge is -2.36. The number of para-hydroxylation sites is 1. The summed E-state index contributed by atoms with van der Waals surface area (Å²) in [4.78, 5) is 20.6. The molecule has 1 aromatic heterocycles. The van der Waals surface area contributed by atoms with Gasteiger partial charge in [-0.3, -0.25) is 4.79 Å². The number of benzene rings is 1. The van der Waals surface area contributed by atoms with Crippen LogP contribution in [0.4, 0.5) is 11.4 Å². The van der Waals surface area contributed by atoms with Crippen molar-refractivity contribution in [2.75, 3.05) is 36.8 Å². The predicted molar refractivity (Wildman–Crippen MR) is 83.2 cm³/mol. The van der Waals surface area contributed by atoms with Gasteiger partial charge in [0.05, 0.1) is 11.9 Å². The van der Waals surface area contributed by atoms with Gasteiger partial charge in [0, 0.05) is 31.9 Å². The number of nitrogen functional groups attached to an aromatic ring is 1. The molecule has 108 valence electrons. The highest BCUT2D eigenvalue weighted by atomic mass is 16.2. The summed E-state index contributed by atoms with van der Waals surface area (Å²) < 4.78 is 0. The Balaban J connectivity index is 1.63. The molecule has 0 unspecified atom stereocenters. The van der Waals surface area contributed by atoms with E-state index in [-0.39, 0.29) is 5.91 Å². The molecule has 0 spiro atoms. The summed E-state index contributed by atoms with van der Waals surface area (Å²) in [6.07, 6.45) is 1.52. The number of aromatic nitrogens is 1. The molecule has 0 bridgehead atoms. The maximum absolute atomic E-state index is 12.4. The Morgan fingerprint density at radius 1 is 1.00 bits per heavy atom. The van der Waals surface area contributed by atoms with Gasteiger partial charge in [0.25, 0.3) is 5.91 Å². The minimum absolute atomic E-state index is 0.0253. The van der Waals surface area contributed by atoms with E-state index < -0.39 is 0 Å². The molecule has 0 aliphatic carbocycles. The number of anilines is 2. The van der Waals surface area contributed by atoms with Crippen LogP contribution < -0.4 is 10.6 Å². The number of piperazine rings is 1. The van der Waals surface area contributed by atoms with Crippen LogP contribution in [0.2, 0.25) is 0 Å². The van der Waals surface area contributed by atoms with Crippen LogP contribution in [0.3, 0.4) is 0 Å². The van der Waals surface area contributed by atoms with Crippen molar-refractivity contribution < 1.29 is 4.79 Å². The SMILES string of the molecule is Nc1ccc(C(=O)N2CCN(c3ccccc3)CC2)nc1. The Labute approximate surface area is 124 Å². The molecular weight excluding hydrogens is 264 g/mol. The third kappa shape index (κ3) is 2.97. The van der Waals surface area contributed by atoms with Gasteiger partial charge in [0.2, 0.25) is 0 Å². The van der Waals surface area contributed by atoms with E-state index in [1.807, 2.05) is 23.1 Å². The Morgan fingerprint density at radius 3 is 2.33 bits per heavy atom. The third-order valence-corrected chi connectivity index (χ3v) is 3.69. The zero-order valence-electron chi connectivity index (χ0n) is 11.8. The van der Waals surface area contributed by atoms with Gasteiger partial charge in [0.1, 0.15) is 5.69 Å². The first kappa shape index (κ1) is 13.4. The van der Waals surface area contributed by atoms with Crippen LogP contribution in [0.1, 0.15) is 10.5 Å². The summed E-state index contributed by atoms with van der Waals surface area (Å²) in [5.74, 6) is -0.0253. The smallest absolute Gasteiger partial charge is 0.272 e. The standard InChI is InChI=1S/C16H18N4O/c17-13-6-7-15(18-12-13)16(21)20-10-8-19(9-11-20)14-4-2-1-3-5-14/h1-7,12H,8-11,17H2. The Hall–Kier alpha value is -2.56. The van der Waals surface area contributed by atoms with Crippen LogP contribution in [0, 0.1) is 0 Å². The molecule has 1 aromatic carbocycles. The van der Waals surface area contributed by atoms with E-state index in [2.05, 4.69) is 22.0 Å². The lowest BCUT2D eigenvalue weighted by molar-refractivity contribution is 0.0741. The summed E-state index contributed by atoms with van der Waals surface area (Å²) in [6, 6.07) is 13.7. The highest BCUT2D eigenvalue weighted by Crippen LogP contribution is 2.16.